The van der Waals surface area contributed by atoms with E-state index in [1.54, 1.807) is 24.3 Å². The minimum absolute atomic E-state index is 0.0220. The van der Waals surface area contributed by atoms with Crippen molar-refractivity contribution < 1.29 is 19.4 Å². The number of aromatic hydroxyl groups is 1. The van der Waals surface area contributed by atoms with Crippen LogP contribution in [0.3, 0.4) is 0 Å². The van der Waals surface area contributed by atoms with Gasteiger partial charge in [-0.3, -0.25) is 0 Å². The Bertz CT molecular complexity index is 756. The Kier molecular flexibility index (Phi) is 12.1. The molecule has 2 N–H and O–H groups in total. The third kappa shape index (κ3) is 8.92. The van der Waals surface area contributed by atoms with Crippen molar-refractivity contribution >= 4 is 11.9 Å². The molecule has 0 unspecified atom stereocenters. The zero-order valence-corrected chi connectivity index (χ0v) is 17.7. The monoisotopic (exact) mass is 399 g/mol. The Balaban J connectivity index is 0.000000749. The first kappa shape index (κ1) is 24.4. The molecule has 2 aromatic carbocycles. The lowest BCUT2D eigenvalue weighted by Gasteiger charge is -2.09. The van der Waals surface area contributed by atoms with E-state index in [0.29, 0.717) is 5.56 Å². The number of rotatable bonds is 9. The SMILES string of the molecule is CCCCCCc1ccccc1C(=O)OC(=O)c1ccccc1O.CCNCC. The smallest absolute Gasteiger partial charge is 0.349 e. The largest absolute Gasteiger partial charge is 0.507 e. The molecule has 5 heteroatoms. The number of aryl methyl sites for hydroxylation is 1. The van der Waals surface area contributed by atoms with Crippen molar-refractivity contribution in [3.63, 3.8) is 0 Å². The molecule has 0 atom stereocenters. The number of carbonyl (C=O) groups is 2. The molecule has 0 bridgehead atoms. The number of unbranched alkanes of at least 4 members (excludes halogenated alkanes) is 3. The predicted molar refractivity (Wildman–Crippen MR) is 116 cm³/mol. The van der Waals surface area contributed by atoms with E-state index in [4.69, 9.17) is 4.74 Å². The van der Waals surface area contributed by atoms with Crippen LogP contribution in [-0.2, 0) is 11.2 Å². The van der Waals surface area contributed by atoms with E-state index in [2.05, 4.69) is 26.1 Å². The fraction of sp³-hybridized carbons (Fsp3) is 0.417. The molecule has 2 rings (SSSR count). The van der Waals surface area contributed by atoms with Crippen LogP contribution in [0.15, 0.2) is 48.5 Å². The standard InChI is InChI=1S/C20H22O4.C4H11N/c1-2-3-4-5-10-15-11-6-7-12-16(15)19(22)24-20(23)17-13-8-9-14-18(17)21;1-3-5-4-2/h6-9,11-14,21H,2-5,10H2,1H3;5H,3-4H2,1-2H3. The molecule has 0 saturated heterocycles. The Labute approximate surface area is 174 Å². The van der Waals surface area contributed by atoms with Crippen LogP contribution in [0.25, 0.3) is 0 Å². The van der Waals surface area contributed by atoms with Gasteiger partial charge in [0.15, 0.2) is 0 Å². The predicted octanol–water partition coefficient (Wildman–Crippen LogP) is 5.13. The number of nitrogens with one attached hydrogen (secondary N) is 1. The van der Waals surface area contributed by atoms with Crippen molar-refractivity contribution in [2.75, 3.05) is 13.1 Å². The molecule has 0 aliphatic rings. The third-order valence-electron chi connectivity index (χ3n) is 4.35. The highest BCUT2D eigenvalue weighted by Gasteiger charge is 2.19. The second kappa shape index (κ2) is 14.4. The van der Waals surface area contributed by atoms with E-state index in [1.165, 1.54) is 18.6 Å². The van der Waals surface area contributed by atoms with Crippen LogP contribution in [0.4, 0.5) is 0 Å². The van der Waals surface area contributed by atoms with Crippen LogP contribution in [0.2, 0.25) is 0 Å². The average Bonchev–Trinajstić information content (AvgIpc) is 2.73. The maximum atomic E-state index is 12.3. The summed E-state index contributed by atoms with van der Waals surface area (Å²) in [5.41, 5.74) is 1.26. The molecule has 5 nitrogen and oxygen atoms in total. The van der Waals surface area contributed by atoms with Crippen LogP contribution < -0.4 is 5.32 Å². The Morgan fingerprint density at radius 2 is 1.41 bits per heavy atom. The van der Waals surface area contributed by atoms with Gasteiger partial charge in [-0.05, 0) is 49.7 Å². The highest BCUT2D eigenvalue weighted by Crippen LogP contribution is 2.19. The topological polar surface area (TPSA) is 75.6 Å². The zero-order chi connectivity index (χ0) is 21.5. The first-order valence-electron chi connectivity index (χ1n) is 10.4. The van der Waals surface area contributed by atoms with Crippen LogP contribution >= 0.6 is 0 Å². The number of para-hydroxylation sites is 1. The highest BCUT2D eigenvalue weighted by atomic mass is 16.6. The normalized spacial score (nSPS) is 10.0. The molecule has 0 spiro atoms. The molecule has 0 amide bonds. The van der Waals surface area contributed by atoms with Gasteiger partial charge >= 0.3 is 11.9 Å². The van der Waals surface area contributed by atoms with Gasteiger partial charge in [0, 0.05) is 0 Å². The van der Waals surface area contributed by atoms with Gasteiger partial charge in [-0.2, -0.15) is 0 Å². The number of hydrogen-bond donors (Lipinski definition) is 2. The molecule has 0 aromatic heterocycles. The van der Waals surface area contributed by atoms with Crippen molar-refractivity contribution in [2.45, 2.75) is 52.9 Å². The maximum Gasteiger partial charge on any atom is 0.349 e. The lowest BCUT2D eigenvalue weighted by atomic mass is 10.0. The number of phenols is 1. The van der Waals surface area contributed by atoms with Gasteiger partial charge in [-0.15, -0.1) is 0 Å². The molecule has 0 aliphatic heterocycles. The average molecular weight is 400 g/mol. The van der Waals surface area contributed by atoms with Crippen LogP contribution in [-0.4, -0.2) is 30.1 Å². The molecule has 158 valence electrons. The minimum atomic E-state index is -0.848. The van der Waals surface area contributed by atoms with Crippen molar-refractivity contribution in [1.29, 1.82) is 0 Å². The molecule has 0 fully saturated rings. The van der Waals surface area contributed by atoms with Crippen molar-refractivity contribution in [3.05, 3.63) is 65.2 Å². The molecule has 2 aromatic rings. The number of ether oxygens (including phenoxy) is 1. The van der Waals surface area contributed by atoms with E-state index < -0.39 is 11.9 Å². The van der Waals surface area contributed by atoms with E-state index in [0.717, 1.165) is 44.3 Å². The molecular weight excluding hydrogens is 366 g/mol. The summed E-state index contributed by atoms with van der Waals surface area (Å²) in [6, 6.07) is 13.2. The molecule has 0 saturated carbocycles. The summed E-state index contributed by atoms with van der Waals surface area (Å²) >= 11 is 0. The first-order valence-corrected chi connectivity index (χ1v) is 10.4. The van der Waals surface area contributed by atoms with Gasteiger partial charge in [-0.1, -0.05) is 70.4 Å². The van der Waals surface area contributed by atoms with Crippen molar-refractivity contribution in [2.24, 2.45) is 0 Å². The van der Waals surface area contributed by atoms with E-state index in [1.807, 2.05) is 12.1 Å². The number of benzene rings is 2. The number of esters is 2. The van der Waals surface area contributed by atoms with Gasteiger partial charge in [0.2, 0.25) is 0 Å². The highest BCUT2D eigenvalue weighted by molar-refractivity contribution is 6.04. The quantitative estimate of drug-likeness (QED) is 0.347. The van der Waals surface area contributed by atoms with Gasteiger partial charge < -0.3 is 15.2 Å². The van der Waals surface area contributed by atoms with Gasteiger partial charge in [-0.25, -0.2) is 9.59 Å². The number of carbonyl (C=O) groups excluding carboxylic acids is 2. The van der Waals surface area contributed by atoms with E-state index in [-0.39, 0.29) is 11.3 Å². The summed E-state index contributed by atoms with van der Waals surface area (Å²) in [7, 11) is 0. The number of phenolic OH excluding ortho intramolecular Hbond substituents is 1. The van der Waals surface area contributed by atoms with Crippen molar-refractivity contribution in [3.8, 4) is 5.75 Å². The Morgan fingerprint density at radius 1 is 0.828 bits per heavy atom. The van der Waals surface area contributed by atoms with E-state index >= 15 is 0 Å². The molecule has 0 radical (unpaired) electrons. The van der Waals surface area contributed by atoms with Gasteiger partial charge in [0.05, 0.1) is 5.56 Å². The molecule has 0 heterocycles. The molecule has 29 heavy (non-hydrogen) atoms. The summed E-state index contributed by atoms with van der Waals surface area (Å²) in [5, 5.41) is 12.8. The zero-order valence-electron chi connectivity index (χ0n) is 17.7. The Morgan fingerprint density at radius 3 is 2.00 bits per heavy atom. The van der Waals surface area contributed by atoms with Crippen LogP contribution in [0.5, 0.6) is 5.75 Å². The minimum Gasteiger partial charge on any atom is -0.507 e. The second-order valence-electron chi connectivity index (χ2n) is 6.62. The number of hydrogen-bond acceptors (Lipinski definition) is 5. The first-order chi connectivity index (χ1) is 14.0. The summed E-state index contributed by atoms with van der Waals surface area (Å²) < 4.78 is 4.93. The lowest BCUT2D eigenvalue weighted by molar-refractivity contribution is 0.0395. The summed E-state index contributed by atoms with van der Waals surface area (Å²) in [4.78, 5) is 24.4. The molecule has 0 aliphatic carbocycles. The lowest BCUT2D eigenvalue weighted by Crippen LogP contribution is -2.14. The summed E-state index contributed by atoms with van der Waals surface area (Å²) in [6.45, 7) is 8.54. The van der Waals surface area contributed by atoms with E-state index in [9.17, 15) is 14.7 Å². The van der Waals surface area contributed by atoms with Crippen molar-refractivity contribution in [1.82, 2.24) is 5.32 Å². The molecular formula is C24H33NO4. The maximum absolute atomic E-state index is 12.3. The second-order valence-corrected chi connectivity index (χ2v) is 6.62. The summed E-state index contributed by atoms with van der Waals surface area (Å²) in [5.74, 6) is -1.74. The summed E-state index contributed by atoms with van der Waals surface area (Å²) in [6.07, 6.45) is 5.19. The van der Waals surface area contributed by atoms with Gasteiger partial charge in [0.1, 0.15) is 11.3 Å². The fourth-order valence-corrected chi connectivity index (χ4v) is 2.77. The van der Waals surface area contributed by atoms with Crippen LogP contribution in [0, 0.1) is 0 Å². The third-order valence-corrected chi connectivity index (χ3v) is 4.35. The Hall–Kier alpha value is -2.66. The fourth-order valence-electron chi connectivity index (χ4n) is 2.77. The van der Waals surface area contributed by atoms with Gasteiger partial charge in [0.25, 0.3) is 0 Å². The van der Waals surface area contributed by atoms with Crippen LogP contribution in [0.1, 0.15) is 72.7 Å².